The molecule has 4 nitrogen and oxygen atoms in total. The Morgan fingerprint density at radius 3 is 2.61 bits per heavy atom. The smallest absolute Gasteiger partial charge is 0.152 e. The molecule has 0 aliphatic carbocycles. The normalized spacial score (nSPS) is 21.8. The largest absolute Gasteiger partial charge is 0.495 e. The molecule has 0 radical (unpaired) electrons. The van der Waals surface area contributed by atoms with E-state index in [0.717, 1.165) is 14.6 Å². The van der Waals surface area contributed by atoms with Crippen molar-refractivity contribution in [2.24, 2.45) is 0 Å². The molecule has 1 unspecified atom stereocenters. The van der Waals surface area contributed by atoms with E-state index in [-0.39, 0.29) is 17.5 Å². The standard InChI is InChI=1S/C11H13Br2NO3S/c1-17-11-5-10(8(12)4-9(11)13)14-7-2-3-18(15,16)6-7/h4-5,7,14H,2-3,6H2,1H3. The molecule has 1 atom stereocenters. The number of rotatable bonds is 3. The zero-order chi connectivity index (χ0) is 13.3. The van der Waals surface area contributed by atoms with Crippen molar-refractivity contribution in [2.75, 3.05) is 23.9 Å². The van der Waals surface area contributed by atoms with E-state index >= 15 is 0 Å². The molecule has 1 fully saturated rings. The molecule has 0 spiro atoms. The van der Waals surface area contributed by atoms with Crippen LogP contribution in [0.4, 0.5) is 5.69 Å². The Hall–Kier alpha value is -0.270. The Morgan fingerprint density at radius 2 is 2.06 bits per heavy atom. The summed E-state index contributed by atoms with van der Waals surface area (Å²) in [7, 11) is -1.28. The van der Waals surface area contributed by atoms with Crippen molar-refractivity contribution >= 4 is 47.4 Å². The average molecular weight is 399 g/mol. The highest BCUT2D eigenvalue weighted by Gasteiger charge is 2.28. The minimum Gasteiger partial charge on any atom is -0.495 e. The van der Waals surface area contributed by atoms with Crippen molar-refractivity contribution < 1.29 is 13.2 Å². The van der Waals surface area contributed by atoms with Crippen LogP contribution in [0.1, 0.15) is 6.42 Å². The molecule has 1 aliphatic heterocycles. The Bertz CT molecular complexity index is 560. The summed E-state index contributed by atoms with van der Waals surface area (Å²) in [6.07, 6.45) is 0.646. The number of benzene rings is 1. The highest BCUT2D eigenvalue weighted by Crippen LogP contribution is 2.35. The number of methoxy groups -OCH3 is 1. The van der Waals surface area contributed by atoms with Crippen molar-refractivity contribution in [1.29, 1.82) is 0 Å². The van der Waals surface area contributed by atoms with Gasteiger partial charge < -0.3 is 10.1 Å². The van der Waals surface area contributed by atoms with Crippen LogP contribution in [0.3, 0.4) is 0 Å². The molecule has 1 heterocycles. The third-order valence-electron chi connectivity index (χ3n) is 2.83. The second-order valence-corrected chi connectivity index (χ2v) is 8.15. The highest BCUT2D eigenvalue weighted by molar-refractivity contribution is 9.11. The first-order valence-corrected chi connectivity index (χ1v) is 8.82. The lowest BCUT2D eigenvalue weighted by Gasteiger charge is -2.15. The second kappa shape index (κ2) is 5.38. The SMILES string of the molecule is COc1cc(NC2CCS(=O)(=O)C2)c(Br)cc1Br. The monoisotopic (exact) mass is 397 g/mol. The third kappa shape index (κ3) is 3.19. The maximum Gasteiger partial charge on any atom is 0.152 e. The van der Waals surface area contributed by atoms with Gasteiger partial charge in [-0.1, -0.05) is 0 Å². The van der Waals surface area contributed by atoms with Crippen LogP contribution in [0.5, 0.6) is 5.75 Å². The third-order valence-corrected chi connectivity index (χ3v) is 5.88. The van der Waals surface area contributed by atoms with Crippen LogP contribution < -0.4 is 10.1 Å². The molecule has 0 amide bonds. The van der Waals surface area contributed by atoms with Gasteiger partial charge in [0.25, 0.3) is 0 Å². The van der Waals surface area contributed by atoms with Crippen LogP contribution >= 0.6 is 31.9 Å². The first kappa shape index (κ1) is 14.1. The van der Waals surface area contributed by atoms with Crippen LogP contribution in [0.25, 0.3) is 0 Å². The molecule has 1 N–H and O–H groups in total. The molecule has 0 aromatic heterocycles. The summed E-state index contributed by atoms with van der Waals surface area (Å²) in [5.74, 6) is 1.16. The summed E-state index contributed by atoms with van der Waals surface area (Å²) in [6, 6.07) is 3.70. The maximum atomic E-state index is 11.4. The van der Waals surface area contributed by atoms with Crippen LogP contribution in [-0.2, 0) is 9.84 Å². The molecule has 1 saturated heterocycles. The van der Waals surface area contributed by atoms with E-state index < -0.39 is 9.84 Å². The minimum absolute atomic E-state index is 0.0304. The van der Waals surface area contributed by atoms with Gasteiger partial charge in [-0.25, -0.2) is 8.42 Å². The molecule has 0 bridgehead atoms. The molecular formula is C11H13Br2NO3S. The number of ether oxygens (including phenoxy) is 1. The molecular weight excluding hydrogens is 386 g/mol. The van der Waals surface area contributed by atoms with E-state index in [4.69, 9.17) is 4.74 Å². The predicted molar refractivity (Wildman–Crippen MR) is 79.1 cm³/mol. The fraction of sp³-hybridized carbons (Fsp3) is 0.455. The second-order valence-electron chi connectivity index (χ2n) is 4.21. The van der Waals surface area contributed by atoms with E-state index in [9.17, 15) is 8.42 Å². The van der Waals surface area contributed by atoms with Gasteiger partial charge in [0.15, 0.2) is 9.84 Å². The van der Waals surface area contributed by atoms with Gasteiger partial charge in [0, 0.05) is 16.6 Å². The van der Waals surface area contributed by atoms with E-state index in [1.54, 1.807) is 7.11 Å². The first-order valence-electron chi connectivity index (χ1n) is 5.41. The molecule has 18 heavy (non-hydrogen) atoms. The van der Waals surface area contributed by atoms with Crippen LogP contribution in [0.15, 0.2) is 21.1 Å². The van der Waals surface area contributed by atoms with Gasteiger partial charge in [0.05, 0.1) is 28.8 Å². The van der Waals surface area contributed by atoms with Crippen molar-refractivity contribution in [3.8, 4) is 5.75 Å². The zero-order valence-electron chi connectivity index (χ0n) is 9.74. The molecule has 1 aliphatic rings. The van der Waals surface area contributed by atoms with Gasteiger partial charge in [0.2, 0.25) is 0 Å². The average Bonchev–Trinajstić information content (AvgIpc) is 2.62. The first-order chi connectivity index (χ1) is 8.41. The predicted octanol–water partition coefficient (Wildman–Crippen LogP) is 2.82. The Labute approximate surface area is 123 Å². The van der Waals surface area contributed by atoms with E-state index in [1.807, 2.05) is 12.1 Å². The Morgan fingerprint density at radius 1 is 1.33 bits per heavy atom. The summed E-state index contributed by atoms with van der Waals surface area (Å²) in [4.78, 5) is 0. The number of nitrogens with one attached hydrogen (secondary N) is 1. The van der Waals surface area contributed by atoms with Gasteiger partial charge in [-0.3, -0.25) is 0 Å². The molecule has 1 aromatic carbocycles. The minimum atomic E-state index is -2.87. The topological polar surface area (TPSA) is 55.4 Å². The highest BCUT2D eigenvalue weighted by atomic mass is 79.9. The van der Waals surface area contributed by atoms with Crippen molar-refractivity contribution in [1.82, 2.24) is 0 Å². The lowest BCUT2D eigenvalue weighted by atomic mass is 10.2. The number of sulfone groups is 1. The summed E-state index contributed by atoms with van der Waals surface area (Å²) in [5, 5.41) is 3.24. The number of anilines is 1. The number of hydrogen-bond donors (Lipinski definition) is 1. The molecule has 2 rings (SSSR count). The number of halogens is 2. The van der Waals surface area contributed by atoms with Crippen molar-refractivity contribution in [3.63, 3.8) is 0 Å². The van der Waals surface area contributed by atoms with Gasteiger partial charge in [-0.05, 0) is 44.3 Å². The lowest BCUT2D eigenvalue weighted by molar-refractivity contribution is 0.412. The summed E-state index contributed by atoms with van der Waals surface area (Å²) < 4.78 is 29.8. The fourth-order valence-corrected chi connectivity index (χ4v) is 4.87. The van der Waals surface area contributed by atoms with E-state index in [1.165, 1.54) is 0 Å². The van der Waals surface area contributed by atoms with Crippen molar-refractivity contribution in [3.05, 3.63) is 21.1 Å². The quantitative estimate of drug-likeness (QED) is 0.850. The van der Waals surface area contributed by atoms with Gasteiger partial charge in [-0.15, -0.1) is 0 Å². The number of hydrogen-bond acceptors (Lipinski definition) is 4. The summed E-state index contributed by atoms with van der Waals surface area (Å²) >= 11 is 6.84. The summed E-state index contributed by atoms with van der Waals surface area (Å²) in [5.41, 5.74) is 0.845. The fourth-order valence-electron chi connectivity index (χ4n) is 1.92. The van der Waals surface area contributed by atoms with Crippen LogP contribution in [0, 0.1) is 0 Å². The van der Waals surface area contributed by atoms with Gasteiger partial charge in [0.1, 0.15) is 5.75 Å². The van der Waals surface area contributed by atoms with Crippen molar-refractivity contribution in [2.45, 2.75) is 12.5 Å². The summed E-state index contributed by atoms with van der Waals surface area (Å²) in [6.45, 7) is 0. The zero-order valence-corrected chi connectivity index (χ0v) is 13.7. The van der Waals surface area contributed by atoms with Gasteiger partial charge >= 0.3 is 0 Å². The Kier molecular flexibility index (Phi) is 4.23. The molecule has 1 aromatic rings. The molecule has 0 saturated carbocycles. The molecule has 7 heteroatoms. The molecule has 100 valence electrons. The van der Waals surface area contributed by atoms with Gasteiger partial charge in [-0.2, -0.15) is 0 Å². The van der Waals surface area contributed by atoms with Crippen LogP contribution in [0.2, 0.25) is 0 Å². The van der Waals surface area contributed by atoms with E-state index in [0.29, 0.717) is 12.2 Å². The van der Waals surface area contributed by atoms with E-state index in [2.05, 4.69) is 37.2 Å². The lowest BCUT2D eigenvalue weighted by Crippen LogP contribution is -2.20. The maximum absolute atomic E-state index is 11.4. The van der Waals surface area contributed by atoms with Crippen LogP contribution in [-0.4, -0.2) is 33.1 Å². The Balaban J connectivity index is 2.19.